The van der Waals surface area contributed by atoms with Crippen molar-refractivity contribution in [2.24, 2.45) is 0 Å². The first-order valence-corrected chi connectivity index (χ1v) is 5.10. The van der Waals surface area contributed by atoms with Gasteiger partial charge in [-0.15, -0.1) is 0 Å². The van der Waals surface area contributed by atoms with Crippen LogP contribution in [0.25, 0.3) is 0 Å². The van der Waals surface area contributed by atoms with Gasteiger partial charge in [-0.3, -0.25) is 4.98 Å². The molecule has 14 heavy (non-hydrogen) atoms. The summed E-state index contributed by atoms with van der Waals surface area (Å²) in [4.78, 5) is 4.01. The van der Waals surface area contributed by atoms with Crippen molar-refractivity contribution in [2.45, 2.75) is 45.1 Å². The Hall–Kier alpha value is -0.890. The van der Waals surface area contributed by atoms with E-state index < -0.39 is 5.60 Å². The highest BCUT2D eigenvalue weighted by Crippen LogP contribution is 2.13. The van der Waals surface area contributed by atoms with Crippen molar-refractivity contribution in [1.82, 2.24) is 4.98 Å². The lowest BCUT2D eigenvalue weighted by Crippen LogP contribution is -2.17. The van der Waals surface area contributed by atoms with Gasteiger partial charge in [-0.05, 0) is 44.7 Å². The molecule has 1 aromatic heterocycles. The maximum Gasteiger partial charge on any atom is 0.0591 e. The van der Waals surface area contributed by atoms with Crippen LogP contribution >= 0.6 is 0 Å². The molecular formula is C12H18NO. The number of aromatic nitrogens is 1. The third-order valence-corrected chi connectivity index (χ3v) is 2.16. The van der Waals surface area contributed by atoms with Gasteiger partial charge in [-0.1, -0.05) is 6.42 Å². The Kier molecular flexibility index (Phi) is 4.08. The highest BCUT2D eigenvalue weighted by molar-refractivity contribution is 5.07. The summed E-state index contributed by atoms with van der Waals surface area (Å²) >= 11 is 0. The van der Waals surface area contributed by atoms with Gasteiger partial charge in [0.05, 0.1) is 5.60 Å². The number of unbranched alkanes of at least 4 members (excludes halogenated alkanes) is 1. The third kappa shape index (κ3) is 4.97. The fourth-order valence-corrected chi connectivity index (χ4v) is 1.38. The molecule has 0 atom stereocenters. The van der Waals surface area contributed by atoms with E-state index in [4.69, 9.17) is 0 Å². The second-order valence-corrected chi connectivity index (χ2v) is 4.31. The Balaban J connectivity index is 2.17. The minimum atomic E-state index is -0.527. The largest absolute Gasteiger partial charge is 0.390 e. The zero-order valence-electron chi connectivity index (χ0n) is 8.95. The van der Waals surface area contributed by atoms with E-state index in [0.717, 1.165) is 25.7 Å². The Morgan fingerprint density at radius 3 is 2.79 bits per heavy atom. The maximum atomic E-state index is 9.50. The van der Waals surface area contributed by atoms with Gasteiger partial charge in [-0.25, -0.2) is 0 Å². The molecule has 1 heterocycles. The minimum Gasteiger partial charge on any atom is -0.390 e. The highest BCUT2D eigenvalue weighted by Gasteiger charge is 2.10. The molecule has 2 nitrogen and oxygen atoms in total. The summed E-state index contributed by atoms with van der Waals surface area (Å²) in [5, 5.41) is 9.50. The van der Waals surface area contributed by atoms with Crippen molar-refractivity contribution in [3.63, 3.8) is 0 Å². The predicted molar refractivity (Wildman–Crippen MR) is 56.9 cm³/mol. The maximum absolute atomic E-state index is 9.50. The van der Waals surface area contributed by atoms with Gasteiger partial charge in [-0.2, -0.15) is 0 Å². The molecule has 0 aliphatic carbocycles. The number of pyridine rings is 1. The van der Waals surface area contributed by atoms with Crippen LogP contribution in [0.15, 0.2) is 18.5 Å². The molecule has 0 aliphatic rings. The molecule has 0 bridgehead atoms. The Morgan fingerprint density at radius 1 is 1.43 bits per heavy atom. The van der Waals surface area contributed by atoms with Crippen LogP contribution in [-0.2, 0) is 6.42 Å². The number of aliphatic hydroxyl groups is 1. The van der Waals surface area contributed by atoms with Crippen molar-refractivity contribution in [3.05, 3.63) is 30.1 Å². The van der Waals surface area contributed by atoms with E-state index in [1.54, 1.807) is 6.20 Å². The summed E-state index contributed by atoms with van der Waals surface area (Å²) in [5.41, 5.74) is 0.699. The molecule has 1 N–H and O–H groups in total. The fourth-order valence-electron chi connectivity index (χ4n) is 1.38. The zero-order valence-corrected chi connectivity index (χ0v) is 8.95. The first kappa shape index (κ1) is 11.2. The Bertz CT molecular complexity index is 251. The van der Waals surface area contributed by atoms with Crippen LogP contribution in [0.3, 0.4) is 0 Å². The molecular weight excluding hydrogens is 174 g/mol. The normalized spacial score (nSPS) is 11.6. The molecule has 1 radical (unpaired) electrons. The highest BCUT2D eigenvalue weighted by atomic mass is 16.3. The SMILES string of the molecule is CC(C)(O)CCCCc1c[c]cnc1. The van der Waals surface area contributed by atoms with Crippen LogP contribution in [0.2, 0.25) is 0 Å². The van der Waals surface area contributed by atoms with Crippen LogP contribution in [-0.4, -0.2) is 15.7 Å². The van der Waals surface area contributed by atoms with Gasteiger partial charge in [0.1, 0.15) is 0 Å². The first-order valence-electron chi connectivity index (χ1n) is 5.10. The summed E-state index contributed by atoms with van der Waals surface area (Å²) in [6.45, 7) is 3.70. The number of aryl methyl sites for hydroxylation is 1. The van der Waals surface area contributed by atoms with E-state index in [2.05, 4.69) is 11.1 Å². The average molecular weight is 192 g/mol. The van der Waals surface area contributed by atoms with Crippen molar-refractivity contribution in [3.8, 4) is 0 Å². The van der Waals surface area contributed by atoms with Gasteiger partial charge in [0.25, 0.3) is 0 Å². The minimum absolute atomic E-state index is 0.527. The summed E-state index contributed by atoms with van der Waals surface area (Å²) in [5.74, 6) is 0. The van der Waals surface area contributed by atoms with Gasteiger partial charge in [0, 0.05) is 18.5 Å². The van der Waals surface area contributed by atoms with Crippen LogP contribution in [0.4, 0.5) is 0 Å². The smallest absolute Gasteiger partial charge is 0.0591 e. The number of hydrogen-bond acceptors (Lipinski definition) is 2. The standard InChI is InChI=1S/C12H18NO/c1-12(2,14)8-4-3-6-11-7-5-9-13-10-11/h7,9-10,14H,3-4,6,8H2,1-2H3. The first-order chi connectivity index (χ1) is 6.58. The van der Waals surface area contributed by atoms with Crippen molar-refractivity contribution >= 4 is 0 Å². The predicted octanol–water partition coefficient (Wildman–Crippen LogP) is 2.37. The van der Waals surface area contributed by atoms with Crippen LogP contribution < -0.4 is 0 Å². The molecule has 77 valence electrons. The monoisotopic (exact) mass is 192 g/mol. The van der Waals surface area contributed by atoms with Crippen molar-refractivity contribution in [1.29, 1.82) is 0 Å². The van der Waals surface area contributed by atoms with Crippen molar-refractivity contribution in [2.75, 3.05) is 0 Å². The van der Waals surface area contributed by atoms with Crippen LogP contribution in [0.1, 0.15) is 38.7 Å². The third-order valence-electron chi connectivity index (χ3n) is 2.16. The van der Waals surface area contributed by atoms with Gasteiger partial charge >= 0.3 is 0 Å². The van der Waals surface area contributed by atoms with E-state index in [0.29, 0.717) is 0 Å². The molecule has 0 fully saturated rings. The van der Waals surface area contributed by atoms with E-state index in [-0.39, 0.29) is 0 Å². The molecule has 0 aliphatic heterocycles. The van der Waals surface area contributed by atoms with Gasteiger partial charge in [0.2, 0.25) is 0 Å². The van der Waals surface area contributed by atoms with E-state index in [1.807, 2.05) is 26.1 Å². The van der Waals surface area contributed by atoms with E-state index in [1.165, 1.54) is 5.56 Å². The molecule has 0 saturated heterocycles. The second-order valence-electron chi connectivity index (χ2n) is 4.31. The molecule has 0 unspecified atom stereocenters. The number of rotatable bonds is 5. The Morgan fingerprint density at radius 2 is 2.21 bits per heavy atom. The lowest BCUT2D eigenvalue weighted by Gasteiger charge is -2.16. The van der Waals surface area contributed by atoms with Gasteiger partial charge in [0.15, 0.2) is 0 Å². The average Bonchev–Trinajstić information content (AvgIpc) is 2.13. The number of hydrogen-bond donors (Lipinski definition) is 1. The molecule has 0 spiro atoms. The lowest BCUT2D eigenvalue weighted by atomic mass is 10.00. The summed E-state index contributed by atoms with van der Waals surface area (Å²) in [7, 11) is 0. The Labute approximate surface area is 86.0 Å². The zero-order chi connectivity index (χ0) is 10.4. The summed E-state index contributed by atoms with van der Waals surface area (Å²) in [6, 6.07) is 4.93. The van der Waals surface area contributed by atoms with Crippen LogP contribution in [0, 0.1) is 6.07 Å². The molecule has 1 rings (SSSR count). The number of nitrogens with zero attached hydrogens (tertiary/aromatic N) is 1. The molecule has 1 aromatic rings. The van der Waals surface area contributed by atoms with E-state index >= 15 is 0 Å². The summed E-state index contributed by atoms with van der Waals surface area (Å²) in [6.07, 6.45) is 7.58. The quantitative estimate of drug-likeness (QED) is 0.726. The molecule has 0 saturated carbocycles. The topological polar surface area (TPSA) is 33.1 Å². The van der Waals surface area contributed by atoms with E-state index in [9.17, 15) is 5.11 Å². The van der Waals surface area contributed by atoms with Gasteiger partial charge < -0.3 is 5.11 Å². The van der Waals surface area contributed by atoms with Crippen LogP contribution in [0.5, 0.6) is 0 Å². The molecule has 2 heteroatoms. The summed E-state index contributed by atoms with van der Waals surface area (Å²) < 4.78 is 0. The lowest BCUT2D eigenvalue weighted by molar-refractivity contribution is 0.0682. The fraction of sp³-hybridized carbons (Fsp3) is 0.583. The molecule has 0 amide bonds. The molecule has 0 aromatic carbocycles. The van der Waals surface area contributed by atoms with Crippen molar-refractivity contribution < 1.29 is 5.11 Å². The second kappa shape index (κ2) is 5.11.